The number of hydrogen-bond acceptors (Lipinski definition) is 2. The number of ether oxygens (including phenoxy) is 1. The number of benzene rings is 1. The summed E-state index contributed by atoms with van der Waals surface area (Å²) in [5, 5.41) is 0. The summed E-state index contributed by atoms with van der Waals surface area (Å²) in [6.07, 6.45) is 4.99. The average molecular weight is 289 g/mol. The summed E-state index contributed by atoms with van der Waals surface area (Å²) in [5.41, 5.74) is 1.17. The van der Waals surface area contributed by atoms with Crippen molar-refractivity contribution in [2.75, 3.05) is 6.61 Å². The summed E-state index contributed by atoms with van der Waals surface area (Å²) in [5.74, 6) is 1.09. The minimum Gasteiger partial charge on any atom is -0.463 e. The molecule has 0 bridgehead atoms. The van der Waals surface area contributed by atoms with Crippen molar-refractivity contribution in [2.24, 2.45) is 0 Å². The van der Waals surface area contributed by atoms with Gasteiger partial charge in [0, 0.05) is 6.08 Å². The number of hydrogen-bond donors (Lipinski definition) is 0. The maximum absolute atomic E-state index is 10.3. The Balaban J connectivity index is 0. The van der Waals surface area contributed by atoms with Gasteiger partial charge in [-0.1, -0.05) is 83.7 Å². The van der Waals surface area contributed by atoms with E-state index in [2.05, 4.69) is 38.7 Å². The lowest BCUT2D eigenvalue weighted by Gasteiger charge is -1.97. The van der Waals surface area contributed by atoms with Crippen LogP contribution in [0, 0.1) is 5.92 Å². The molecule has 2 heteroatoms. The third-order valence-corrected chi connectivity index (χ3v) is 1.94. The third-order valence-electron chi connectivity index (χ3n) is 1.94. The van der Waals surface area contributed by atoms with E-state index in [1.807, 2.05) is 43.3 Å². The van der Waals surface area contributed by atoms with Crippen LogP contribution >= 0.6 is 0 Å². The van der Waals surface area contributed by atoms with E-state index in [0.717, 1.165) is 12.8 Å². The standard InChI is InChI=1S/C8H8.C7H12O2.C4H9/c1-2-8-6-4-3-5-7-8;1-3-5-6-9-7(8)4-2;1-4(2)3/h2-7H,1H2;4H,2-3,5-6H2,1H3;1-3H3. The third kappa shape index (κ3) is 20.6. The second kappa shape index (κ2) is 16.2. The minimum atomic E-state index is -0.330. The Morgan fingerprint density at radius 2 is 1.67 bits per heavy atom. The van der Waals surface area contributed by atoms with Gasteiger partial charge in [-0.25, -0.2) is 4.79 Å². The second-order valence-corrected chi connectivity index (χ2v) is 4.84. The van der Waals surface area contributed by atoms with Gasteiger partial charge in [0.15, 0.2) is 0 Å². The first kappa shape index (κ1) is 21.5. The van der Waals surface area contributed by atoms with Gasteiger partial charge in [0.1, 0.15) is 0 Å². The van der Waals surface area contributed by atoms with Gasteiger partial charge in [0.2, 0.25) is 0 Å². The van der Waals surface area contributed by atoms with Gasteiger partial charge >= 0.3 is 5.97 Å². The zero-order valence-corrected chi connectivity index (χ0v) is 13.9. The Labute approximate surface area is 130 Å². The van der Waals surface area contributed by atoms with Crippen molar-refractivity contribution in [3.63, 3.8) is 0 Å². The number of carbonyl (C=O) groups is 1. The van der Waals surface area contributed by atoms with Crippen LogP contribution in [0.1, 0.15) is 46.1 Å². The molecule has 0 fully saturated rings. The van der Waals surface area contributed by atoms with Gasteiger partial charge in [-0.15, -0.1) is 0 Å². The summed E-state index contributed by atoms with van der Waals surface area (Å²) in [6, 6.07) is 10.0. The van der Waals surface area contributed by atoms with Gasteiger partial charge in [-0.3, -0.25) is 0 Å². The van der Waals surface area contributed by atoms with Crippen LogP contribution < -0.4 is 0 Å². The van der Waals surface area contributed by atoms with Crippen LogP contribution in [-0.2, 0) is 9.53 Å². The highest BCUT2D eigenvalue weighted by atomic mass is 16.5. The Morgan fingerprint density at radius 3 is 2.00 bits per heavy atom. The molecule has 1 aromatic carbocycles. The average Bonchev–Trinajstić information content (AvgIpc) is 2.48. The predicted molar refractivity (Wildman–Crippen MR) is 92.9 cm³/mol. The van der Waals surface area contributed by atoms with Crippen LogP contribution in [0.25, 0.3) is 6.08 Å². The normalized spacial score (nSPS) is 8.62. The van der Waals surface area contributed by atoms with Gasteiger partial charge in [-0.05, 0) is 17.9 Å². The summed E-state index contributed by atoms with van der Waals surface area (Å²) >= 11 is 0. The zero-order valence-electron chi connectivity index (χ0n) is 13.9. The Morgan fingerprint density at radius 1 is 1.14 bits per heavy atom. The minimum absolute atomic E-state index is 0.330. The lowest BCUT2D eigenvalue weighted by molar-refractivity contribution is -0.137. The van der Waals surface area contributed by atoms with Crippen LogP contribution in [-0.4, -0.2) is 12.6 Å². The number of carbonyl (C=O) groups excluding carboxylic acids is 1. The van der Waals surface area contributed by atoms with Crippen LogP contribution in [0.15, 0.2) is 49.6 Å². The van der Waals surface area contributed by atoms with E-state index in [9.17, 15) is 4.79 Å². The molecule has 0 amide bonds. The van der Waals surface area contributed by atoms with Crippen LogP contribution in [0.2, 0.25) is 0 Å². The highest BCUT2D eigenvalue weighted by molar-refractivity contribution is 5.81. The summed E-state index contributed by atoms with van der Waals surface area (Å²) in [7, 11) is 0. The van der Waals surface area contributed by atoms with Crippen LogP contribution in [0.4, 0.5) is 0 Å². The number of unbranched alkanes of at least 4 members (excludes halogenated alkanes) is 1. The molecule has 117 valence electrons. The largest absolute Gasteiger partial charge is 0.463 e. The highest BCUT2D eigenvalue weighted by Crippen LogP contribution is 1.97. The molecule has 0 saturated carbocycles. The lowest BCUT2D eigenvalue weighted by Crippen LogP contribution is -2.00. The quantitative estimate of drug-likeness (QED) is 0.408. The van der Waals surface area contributed by atoms with Gasteiger partial charge in [-0.2, -0.15) is 0 Å². The van der Waals surface area contributed by atoms with E-state index in [0.29, 0.717) is 6.61 Å². The molecule has 1 radical (unpaired) electrons. The fourth-order valence-corrected chi connectivity index (χ4v) is 0.965. The van der Waals surface area contributed by atoms with Crippen molar-refractivity contribution in [2.45, 2.75) is 40.5 Å². The molecule has 0 aromatic heterocycles. The molecule has 1 rings (SSSR count). The van der Waals surface area contributed by atoms with Crippen molar-refractivity contribution in [3.05, 3.63) is 61.0 Å². The molecule has 0 aliphatic rings. The Bertz CT molecular complexity index is 364. The van der Waals surface area contributed by atoms with E-state index in [1.54, 1.807) is 0 Å². The van der Waals surface area contributed by atoms with Crippen molar-refractivity contribution in [3.8, 4) is 0 Å². The first-order valence-corrected chi connectivity index (χ1v) is 7.21. The fourth-order valence-electron chi connectivity index (χ4n) is 0.965. The summed E-state index contributed by atoms with van der Waals surface area (Å²) in [4.78, 5) is 10.3. The molecule has 0 N–H and O–H groups in total. The monoisotopic (exact) mass is 289 g/mol. The molecule has 0 atom stereocenters. The first-order chi connectivity index (χ1) is 9.97. The van der Waals surface area contributed by atoms with Crippen LogP contribution in [0.5, 0.6) is 0 Å². The number of esters is 1. The van der Waals surface area contributed by atoms with Gasteiger partial charge in [0.25, 0.3) is 0 Å². The molecule has 2 nitrogen and oxygen atoms in total. The van der Waals surface area contributed by atoms with Gasteiger partial charge < -0.3 is 4.74 Å². The maximum atomic E-state index is 10.3. The molecule has 0 aliphatic carbocycles. The molecule has 0 unspecified atom stereocenters. The van der Waals surface area contributed by atoms with Crippen molar-refractivity contribution in [1.82, 2.24) is 0 Å². The molecule has 0 spiro atoms. The molecule has 1 aromatic rings. The molecular formula is C19H29O2. The van der Waals surface area contributed by atoms with Crippen molar-refractivity contribution < 1.29 is 9.53 Å². The van der Waals surface area contributed by atoms with Crippen molar-refractivity contribution >= 4 is 12.0 Å². The second-order valence-electron chi connectivity index (χ2n) is 4.84. The zero-order chi connectivity index (χ0) is 16.5. The van der Waals surface area contributed by atoms with E-state index in [1.165, 1.54) is 17.6 Å². The van der Waals surface area contributed by atoms with Crippen molar-refractivity contribution in [1.29, 1.82) is 0 Å². The topological polar surface area (TPSA) is 26.3 Å². The van der Waals surface area contributed by atoms with E-state index < -0.39 is 0 Å². The summed E-state index contributed by atoms with van der Waals surface area (Å²) in [6.45, 7) is 15.7. The predicted octanol–water partition coefficient (Wildman–Crippen LogP) is 5.47. The molecule has 21 heavy (non-hydrogen) atoms. The molecular weight excluding hydrogens is 260 g/mol. The maximum Gasteiger partial charge on any atom is 0.330 e. The first-order valence-electron chi connectivity index (χ1n) is 7.21. The molecule has 0 heterocycles. The lowest BCUT2D eigenvalue weighted by atomic mass is 10.2. The fraction of sp³-hybridized carbons (Fsp3) is 0.368. The summed E-state index contributed by atoms with van der Waals surface area (Å²) < 4.78 is 4.67. The van der Waals surface area contributed by atoms with Gasteiger partial charge in [0.05, 0.1) is 6.61 Å². The van der Waals surface area contributed by atoms with E-state index in [-0.39, 0.29) is 5.97 Å². The highest BCUT2D eigenvalue weighted by Gasteiger charge is 1.91. The van der Waals surface area contributed by atoms with E-state index in [4.69, 9.17) is 0 Å². The van der Waals surface area contributed by atoms with Crippen LogP contribution in [0.3, 0.4) is 0 Å². The number of rotatable bonds is 5. The molecule has 0 saturated heterocycles. The SMILES string of the molecule is C=CC(=O)OCCCC.C=Cc1ccccc1.C[C](C)C. The molecule has 0 aliphatic heterocycles. The Kier molecular flexibility index (Phi) is 16.6. The Hall–Kier alpha value is -1.83. The van der Waals surface area contributed by atoms with E-state index >= 15 is 0 Å². The smallest absolute Gasteiger partial charge is 0.330 e.